The Morgan fingerprint density at radius 3 is 2.24 bits per heavy atom. The average molecular weight is 363 g/mol. The predicted octanol–water partition coefficient (Wildman–Crippen LogP) is 1.62. The van der Waals surface area contributed by atoms with Gasteiger partial charge in [0.05, 0.1) is 31.9 Å². The van der Waals surface area contributed by atoms with E-state index >= 15 is 0 Å². The topological polar surface area (TPSA) is 41.8 Å². The minimum absolute atomic E-state index is 0.0523. The van der Waals surface area contributed by atoms with E-state index in [2.05, 4.69) is 6.92 Å². The van der Waals surface area contributed by atoms with E-state index in [1.54, 1.807) is 4.31 Å². The smallest absolute Gasteiger partial charge is 0.218 e. The molecular formula is C19H24FN2O2S+. The number of sulfonamides is 1. The van der Waals surface area contributed by atoms with E-state index in [9.17, 15) is 12.8 Å². The third-order valence-electron chi connectivity index (χ3n) is 4.93. The molecule has 1 heterocycles. The standard InChI is InChI=1S/C19H23FN2O2S/c1-16(18-7-9-19(20)10-8-18)21-11-13-22(14-12-21)25(23,24)15-17-5-3-2-4-6-17/h2-10,16H,11-15H2,1H3/p+1/t16-/m1/s1. The van der Waals surface area contributed by atoms with Crippen LogP contribution in [0.15, 0.2) is 54.6 Å². The van der Waals surface area contributed by atoms with Gasteiger partial charge in [0.25, 0.3) is 0 Å². The Hall–Kier alpha value is -1.76. The third-order valence-corrected chi connectivity index (χ3v) is 6.78. The lowest BCUT2D eigenvalue weighted by atomic mass is 10.1. The summed E-state index contributed by atoms with van der Waals surface area (Å²) in [4.78, 5) is 1.33. The Morgan fingerprint density at radius 2 is 1.64 bits per heavy atom. The van der Waals surface area contributed by atoms with Crippen LogP contribution in [-0.4, -0.2) is 38.9 Å². The number of rotatable bonds is 5. The molecule has 6 heteroatoms. The van der Waals surface area contributed by atoms with Gasteiger partial charge in [-0.2, -0.15) is 4.31 Å². The number of halogens is 1. The quantitative estimate of drug-likeness (QED) is 0.877. The van der Waals surface area contributed by atoms with Gasteiger partial charge in [0, 0.05) is 5.56 Å². The highest BCUT2D eigenvalue weighted by Gasteiger charge is 2.31. The molecule has 4 nitrogen and oxygen atoms in total. The van der Waals surface area contributed by atoms with Gasteiger partial charge in [-0.3, -0.25) is 0 Å². The van der Waals surface area contributed by atoms with E-state index in [1.807, 2.05) is 42.5 Å². The molecule has 3 rings (SSSR count). The number of benzene rings is 2. The van der Waals surface area contributed by atoms with Gasteiger partial charge in [0.2, 0.25) is 10.0 Å². The summed E-state index contributed by atoms with van der Waals surface area (Å²) in [5.74, 6) is -0.181. The zero-order valence-electron chi connectivity index (χ0n) is 14.4. The molecule has 2 aromatic carbocycles. The summed E-state index contributed by atoms with van der Waals surface area (Å²) >= 11 is 0. The molecule has 0 amide bonds. The molecule has 1 aliphatic heterocycles. The second kappa shape index (κ2) is 7.64. The molecule has 1 fully saturated rings. The van der Waals surface area contributed by atoms with Crippen LogP contribution in [0.2, 0.25) is 0 Å². The highest BCUT2D eigenvalue weighted by Crippen LogP contribution is 2.13. The summed E-state index contributed by atoms with van der Waals surface area (Å²) < 4.78 is 39.9. The second-order valence-corrected chi connectivity index (χ2v) is 8.54. The van der Waals surface area contributed by atoms with Gasteiger partial charge in [-0.25, -0.2) is 12.8 Å². The van der Waals surface area contributed by atoms with Crippen molar-refractivity contribution in [2.45, 2.75) is 18.7 Å². The van der Waals surface area contributed by atoms with Crippen LogP contribution in [0, 0.1) is 5.82 Å². The zero-order valence-corrected chi connectivity index (χ0v) is 15.2. The molecule has 1 aliphatic rings. The van der Waals surface area contributed by atoms with Gasteiger partial charge in [-0.05, 0) is 24.6 Å². The van der Waals surface area contributed by atoms with E-state index in [4.69, 9.17) is 0 Å². The van der Waals surface area contributed by atoms with Gasteiger partial charge in [-0.1, -0.05) is 42.5 Å². The van der Waals surface area contributed by atoms with Crippen molar-refractivity contribution in [2.75, 3.05) is 26.2 Å². The fraction of sp³-hybridized carbons (Fsp3) is 0.368. The molecule has 1 N–H and O–H groups in total. The van der Waals surface area contributed by atoms with E-state index in [0.717, 1.165) is 24.2 Å². The fourth-order valence-electron chi connectivity index (χ4n) is 3.35. The first-order chi connectivity index (χ1) is 12.0. The maximum absolute atomic E-state index is 13.1. The van der Waals surface area contributed by atoms with Crippen molar-refractivity contribution < 1.29 is 17.7 Å². The van der Waals surface area contributed by atoms with Crippen LogP contribution in [0.4, 0.5) is 4.39 Å². The van der Waals surface area contributed by atoms with Crippen LogP contribution in [0.25, 0.3) is 0 Å². The largest absolute Gasteiger partial charge is 0.327 e. The van der Waals surface area contributed by atoms with Crippen molar-refractivity contribution in [1.82, 2.24) is 4.31 Å². The lowest BCUT2D eigenvalue weighted by Crippen LogP contribution is -3.14. The van der Waals surface area contributed by atoms with Gasteiger partial charge in [0.15, 0.2) is 0 Å². The van der Waals surface area contributed by atoms with Crippen LogP contribution in [0.3, 0.4) is 0 Å². The Labute approximate surface area is 148 Å². The van der Waals surface area contributed by atoms with E-state index < -0.39 is 10.0 Å². The SMILES string of the molecule is C[C@H](c1ccc(F)cc1)[NH+]1CCN(S(=O)(=O)Cc2ccccc2)CC1. The second-order valence-electron chi connectivity index (χ2n) is 6.57. The Morgan fingerprint density at radius 1 is 1.04 bits per heavy atom. The van der Waals surface area contributed by atoms with Crippen LogP contribution < -0.4 is 4.90 Å². The summed E-state index contributed by atoms with van der Waals surface area (Å²) in [6, 6.07) is 16.1. The maximum atomic E-state index is 13.1. The molecule has 0 aromatic heterocycles. The summed E-state index contributed by atoms with van der Waals surface area (Å²) in [5.41, 5.74) is 1.90. The normalized spacial score (nSPS) is 18.2. The third kappa shape index (κ3) is 4.45. The molecule has 134 valence electrons. The molecular weight excluding hydrogens is 339 g/mol. The number of piperazine rings is 1. The molecule has 1 atom stereocenters. The van der Waals surface area contributed by atoms with E-state index in [0.29, 0.717) is 13.1 Å². The van der Waals surface area contributed by atoms with E-state index in [-0.39, 0.29) is 17.6 Å². The lowest BCUT2D eigenvalue weighted by Gasteiger charge is -2.35. The molecule has 0 radical (unpaired) electrons. The van der Waals surface area contributed by atoms with Gasteiger partial charge >= 0.3 is 0 Å². The minimum atomic E-state index is -3.29. The lowest BCUT2D eigenvalue weighted by molar-refractivity contribution is -0.933. The Balaban J connectivity index is 1.60. The van der Waals surface area contributed by atoms with Crippen molar-refractivity contribution in [3.05, 3.63) is 71.5 Å². The number of quaternary nitrogens is 1. The molecule has 0 aliphatic carbocycles. The minimum Gasteiger partial charge on any atom is -0.327 e. The number of nitrogens with one attached hydrogen (secondary N) is 1. The molecule has 2 aromatic rings. The first-order valence-corrected chi connectivity index (χ1v) is 10.2. The van der Waals surface area contributed by atoms with Crippen molar-refractivity contribution >= 4 is 10.0 Å². The number of nitrogens with zero attached hydrogens (tertiary/aromatic N) is 1. The van der Waals surface area contributed by atoms with Crippen LogP contribution >= 0.6 is 0 Å². The number of hydrogen-bond acceptors (Lipinski definition) is 2. The van der Waals surface area contributed by atoms with Crippen molar-refractivity contribution in [1.29, 1.82) is 0 Å². The van der Waals surface area contributed by atoms with Gasteiger partial charge in [0.1, 0.15) is 11.9 Å². The highest BCUT2D eigenvalue weighted by molar-refractivity contribution is 7.88. The van der Waals surface area contributed by atoms with Crippen LogP contribution in [-0.2, 0) is 15.8 Å². The van der Waals surface area contributed by atoms with Crippen molar-refractivity contribution in [2.24, 2.45) is 0 Å². The summed E-state index contributed by atoms with van der Waals surface area (Å²) in [7, 11) is -3.29. The van der Waals surface area contributed by atoms with Crippen LogP contribution in [0.1, 0.15) is 24.1 Å². The monoisotopic (exact) mass is 363 g/mol. The molecule has 0 saturated carbocycles. The fourth-order valence-corrected chi connectivity index (χ4v) is 4.88. The Bertz CT molecular complexity index is 786. The van der Waals surface area contributed by atoms with Gasteiger partial charge in [-0.15, -0.1) is 0 Å². The summed E-state index contributed by atoms with van der Waals surface area (Å²) in [5, 5.41) is 0. The summed E-state index contributed by atoms with van der Waals surface area (Å²) in [6.45, 7) is 4.67. The maximum Gasteiger partial charge on any atom is 0.218 e. The zero-order chi connectivity index (χ0) is 17.9. The average Bonchev–Trinajstić information content (AvgIpc) is 2.62. The molecule has 0 bridgehead atoms. The Kier molecular flexibility index (Phi) is 5.51. The predicted molar refractivity (Wildman–Crippen MR) is 96.2 cm³/mol. The number of hydrogen-bond donors (Lipinski definition) is 1. The van der Waals surface area contributed by atoms with Crippen molar-refractivity contribution in [3.63, 3.8) is 0 Å². The van der Waals surface area contributed by atoms with Gasteiger partial charge < -0.3 is 4.90 Å². The first kappa shape index (κ1) is 18.0. The van der Waals surface area contributed by atoms with Crippen molar-refractivity contribution in [3.8, 4) is 0 Å². The highest BCUT2D eigenvalue weighted by atomic mass is 32.2. The molecule has 0 spiro atoms. The van der Waals surface area contributed by atoms with Crippen LogP contribution in [0.5, 0.6) is 0 Å². The van der Waals surface area contributed by atoms with E-state index in [1.165, 1.54) is 17.0 Å². The molecule has 0 unspecified atom stereocenters. The molecule has 1 saturated heterocycles. The first-order valence-electron chi connectivity index (χ1n) is 8.57. The summed E-state index contributed by atoms with van der Waals surface area (Å²) in [6.07, 6.45) is 0. The molecule has 25 heavy (non-hydrogen) atoms.